The largest absolute Gasteiger partial charge is 0.483 e. The number of rotatable bonds is 8. The molecule has 0 amide bonds. The van der Waals surface area contributed by atoms with Gasteiger partial charge in [-0.3, -0.25) is 23.4 Å². The van der Waals surface area contributed by atoms with E-state index in [-0.39, 0.29) is 0 Å². The first-order valence-electron chi connectivity index (χ1n) is 9.84. The van der Waals surface area contributed by atoms with E-state index in [2.05, 4.69) is 13.4 Å². The van der Waals surface area contributed by atoms with Crippen LogP contribution in [0.3, 0.4) is 0 Å². The summed E-state index contributed by atoms with van der Waals surface area (Å²) in [6.07, 6.45) is -14.2. The topological polar surface area (TPSA) is 277 Å². The van der Waals surface area contributed by atoms with Crippen molar-refractivity contribution in [1.29, 1.82) is 0 Å². The number of aliphatic hydroxyl groups excluding tert-OH is 5. The second kappa shape index (κ2) is 10.6. The maximum absolute atomic E-state index is 12.1. The maximum atomic E-state index is 12.1. The van der Waals surface area contributed by atoms with Crippen LogP contribution >= 0.6 is 15.6 Å². The molecule has 3 rings (SSSR count). The van der Waals surface area contributed by atoms with Crippen LogP contribution in [0.5, 0.6) is 0 Å². The zero-order valence-electron chi connectivity index (χ0n) is 17.7. The molecule has 8 N–H and O–H groups in total. The summed E-state index contributed by atoms with van der Waals surface area (Å²) >= 11 is 0. The maximum Gasteiger partial charge on any atom is 0.483 e. The molecule has 2 fully saturated rings. The van der Waals surface area contributed by atoms with Crippen LogP contribution in [0.1, 0.15) is 13.2 Å². The minimum Gasteiger partial charge on any atom is -0.388 e. The van der Waals surface area contributed by atoms with Gasteiger partial charge in [0.05, 0.1) is 12.7 Å². The number of phosphoric acid groups is 2. The Labute approximate surface area is 195 Å². The Hall–Kier alpha value is -1.34. The molecular weight excluding hydrogens is 526 g/mol. The molecule has 200 valence electrons. The molecule has 2 saturated heterocycles. The molecule has 3 heterocycles. The van der Waals surface area contributed by atoms with Gasteiger partial charge < -0.3 is 44.8 Å². The van der Waals surface area contributed by atoms with Gasteiger partial charge in [-0.25, -0.2) is 13.9 Å². The van der Waals surface area contributed by atoms with E-state index in [1.807, 2.05) is 4.98 Å². The van der Waals surface area contributed by atoms with Crippen molar-refractivity contribution in [2.75, 3.05) is 6.61 Å². The molecule has 0 spiro atoms. The molecule has 0 bridgehead atoms. The number of aromatic amines is 1. The van der Waals surface area contributed by atoms with E-state index in [4.69, 9.17) is 9.47 Å². The van der Waals surface area contributed by atoms with Gasteiger partial charge in [0.25, 0.3) is 5.56 Å². The van der Waals surface area contributed by atoms with E-state index >= 15 is 0 Å². The van der Waals surface area contributed by atoms with Gasteiger partial charge in [-0.05, 0) is 6.92 Å². The molecule has 0 aromatic carbocycles. The fraction of sp³-hybridized carbons (Fsp3) is 0.733. The van der Waals surface area contributed by atoms with E-state index < -0.39 is 88.7 Å². The number of phosphoric ester groups is 2. The normalized spacial score (nSPS) is 39.1. The first-order valence-corrected chi connectivity index (χ1v) is 12.8. The highest BCUT2D eigenvalue weighted by Gasteiger charge is 2.49. The van der Waals surface area contributed by atoms with Crippen LogP contribution in [-0.2, 0) is 32.0 Å². The van der Waals surface area contributed by atoms with Gasteiger partial charge >= 0.3 is 21.3 Å². The molecule has 1 aromatic rings. The summed E-state index contributed by atoms with van der Waals surface area (Å²) in [4.78, 5) is 44.5. The Bertz CT molecular complexity index is 1110. The van der Waals surface area contributed by atoms with Crippen molar-refractivity contribution < 1.29 is 67.3 Å². The zero-order valence-corrected chi connectivity index (χ0v) is 19.5. The van der Waals surface area contributed by atoms with Crippen molar-refractivity contribution in [2.45, 2.75) is 62.2 Å². The number of nitrogens with zero attached hydrogens (tertiary/aromatic N) is 1. The van der Waals surface area contributed by atoms with Crippen LogP contribution < -0.4 is 11.2 Å². The SMILES string of the molecule is C[C@@H]1O[C@H](OP(=O)(O)OP(=O)(O)OC[C@H]2OC(n3ccc(=O)[nH]c3=O)[C@H](O)[C@@H]2O)[C@H](O)[C@H](O)[C@H]1O. The molecule has 20 heteroatoms. The number of aliphatic hydroxyl groups is 5. The molecule has 0 saturated carbocycles. The number of aromatic nitrogens is 2. The van der Waals surface area contributed by atoms with Crippen molar-refractivity contribution in [1.82, 2.24) is 9.55 Å². The van der Waals surface area contributed by atoms with Crippen molar-refractivity contribution in [3.05, 3.63) is 33.1 Å². The van der Waals surface area contributed by atoms with Gasteiger partial charge in [-0.15, -0.1) is 0 Å². The highest BCUT2D eigenvalue weighted by molar-refractivity contribution is 7.61. The monoisotopic (exact) mass is 550 g/mol. The molecule has 3 unspecified atom stereocenters. The van der Waals surface area contributed by atoms with Crippen LogP contribution in [0.15, 0.2) is 21.9 Å². The molecule has 0 radical (unpaired) electrons. The van der Waals surface area contributed by atoms with Crippen molar-refractivity contribution >= 4 is 15.6 Å². The lowest BCUT2D eigenvalue weighted by molar-refractivity contribution is -0.271. The number of ether oxygens (including phenoxy) is 2. The second-order valence-corrected chi connectivity index (χ2v) is 10.7. The van der Waals surface area contributed by atoms with E-state index in [1.54, 1.807) is 0 Å². The van der Waals surface area contributed by atoms with E-state index in [0.29, 0.717) is 0 Å². The molecule has 0 aliphatic carbocycles. The van der Waals surface area contributed by atoms with Gasteiger partial charge in [0.1, 0.15) is 36.6 Å². The fourth-order valence-electron chi connectivity index (χ4n) is 3.30. The van der Waals surface area contributed by atoms with Gasteiger partial charge in [-0.1, -0.05) is 0 Å². The van der Waals surface area contributed by atoms with E-state index in [0.717, 1.165) is 16.8 Å². The molecule has 1 aromatic heterocycles. The number of H-pyrrole nitrogens is 1. The van der Waals surface area contributed by atoms with Crippen LogP contribution in [-0.4, -0.2) is 100 Å². The minimum absolute atomic E-state index is 0.737. The fourth-order valence-corrected chi connectivity index (χ4v) is 5.45. The Balaban J connectivity index is 1.61. The third-order valence-corrected chi connectivity index (χ3v) is 7.72. The average molecular weight is 550 g/mol. The summed E-state index contributed by atoms with van der Waals surface area (Å²) in [7, 11) is -10.9. The van der Waals surface area contributed by atoms with Crippen molar-refractivity contribution in [3.63, 3.8) is 0 Å². The van der Waals surface area contributed by atoms with Crippen molar-refractivity contribution in [3.8, 4) is 0 Å². The lowest BCUT2D eigenvalue weighted by Gasteiger charge is -2.38. The van der Waals surface area contributed by atoms with E-state index in [1.165, 1.54) is 6.92 Å². The third-order valence-electron chi connectivity index (χ3n) is 5.12. The smallest absolute Gasteiger partial charge is 0.388 e. The Morgan fingerprint density at radius 3 is 2.26 bits per heavy atom. The summed E-state index contributed by atoms with van der Waals surface area (Å²) < 4.78 is 48.3. The molecule has 2 aliphatic heterocycles. The first kappa shape index (κ1) is 28.2. The van der Waals surface area contributed by atoms with Crippen LogP contribution in [0.2, 0.25) is 0 Å². The number of hydrogen-bond donors (Lipinski definition) is 8. The van der Waals surface area contributed by atoms with Crippen LogP contribution in [0.25, 0.3) is 0 Å². The van der Waals surface area contributed by atoms with Crippen LogP contribution in [0.4, 0.5) is 0 Å². The lowest BCUT2D eigenvalue weighted by atomic mass is 10.0. The van der Waals surface area contributed by atoms with Crippen molar-refractivity contribution in [2.24, 2.45) is 0 Å². The van der Waals surface area contributed by atoms with Gasteiger partial charge in [0.2, 0.25) is 0 Å². The van der Waals surface area contributed by atoms with Crippen LogP contribution in [0, 0.1) is 0 Å². The number of nitrogens with one attached hydrogen (secondary N) is 1. The Morgan fingerprint density at radius 1 is 0.971 bits per heavy atom. The molecule has 2 aliphatic rings. The number of hydrogen-bond acceptors (Lipinski definition) is 14. The highest BCUT2D eigenvalue weighted by Crippen LogP contribution is 2.61. The standard InChI is InChI=1S/C15H24N2O16P2/c1-5-8(19)10(21)12(23)14(30-5)32-35(27,28)33-34(25,26)29-4-6-9(20)11(22)13(31-6)17-3-2-7(18)16-15(17)24/h2-3,5-6,8-14,19-23H,4H2,1H3,(H,25,26)(H,27,28)(H,16,18,24)/t5-,6+,8-,9+,10+,11+,12+,13?,14+/m0/s1. The Morgan fingerprint density at radius 2 is 1.63 bits per heavy atom. The minimum atomic E-state index is -5.50. The second-order valence-electron chi connectivity index (χ2n) is 7.66. The predicted molar refractivity (Wildman–Crippen MR) is 107 cm³/mol. The first-order chi connectivity index (χ1) is 16.1. The summed E-state index contributed by atoms with van der Waals surface area (Å²) in [6.45, 7) is 0.250. The van der Waals surface area contributed by atoms with Gasteiger partial charge in [-0.2, -0.15) is 4.31 Å². The highest BCUT2D eigenvalue weighted by atomic mass is 31.3. The summed E-state index contributed by atoms with van der Waals surface area (Å²) in [5.74, 6) is 0. The lowest BCUT2D eigenvalue weighted by Crippen LogP contribution is -2.57. The van der Waals surface area contributed by atoms with E-state index in [9.17, 15) is 54.0 Å². The molecule has 18 nitrogen and oxygen atoms in total. The molecule has 11 atom stereocenters. The quantitative estimate of drug-likeness (QED) is 0.144. The summed E-state index contributed by atoms with van der Waals surface area (Å²) in [5.41, 5.74) is -1.72. The van der Waals surface area contributed by atoms with Gasteiger partial charge in [0.15, 0.2) is 12.5 Å². The predicted octanol–water partition coefficient (Wildman–Crippen LogP) is -3.77. The molecule has 35 heavy (non-hydrogen) atoms. The summed E-state index contributed by atoms with van der Waals surface area (Å²) in [5, 5.41) is 49.4. The summed E-state index contributed by atoms with van der Waals surface area (Å²) in [6, 6.07) is 0.940. The molecular formula is C15H24N2O16P2. The average Bonchev–Trinajstić information content (AvgIpc) is 3.02. The van der Waals surface area contributed by atoms with Gasteiger partial charge in [0, 0.05) is 12.3 Å². The zero-order chi connectivity index (χ0) is 26.3. The third kappa shape index (κ3) is 6.51. The Kier molecular flexibility index (Phi) is 8.52.